The van der Waals surface area contributed by atoms with Crippen molar-refractivity contribution in [2.45, 2.75) is 32.2 Å². The van der Waals surface area contributed by atoms with Crippen molar-refractivity contribution >= 4 is 17.6 Å². The fourth-order valence-electron chi connectivity index (χ4n) is 1.85. The summed E-state index contributed by atoms with van der Waals surface area (Å²) in [5.41, 5.74) is 6.02. The van der Waals surface area contributed by atoms with Crippen LogP contribution in [0.4, 0.5) is 5.69 Å². The van der Waals surface area contributed by atoms with Gasteiger partial charge in [-0.25, -0.2) is 4.79 Å². The van der Waals surface area contributed by atoms with Crippen LogP contribution in [0.5, 0.6) is 5.75 Å². The summed E-state index contributed by atoms with van der Waals surface area (Å²) in [7, 11) is 1.47. The summed E-state index contributed by atoms with van der Waals surface area (Å²) < 4.78 is 5.02. The molecule has 0 aliphatic rings. The molecule has 1 amide bonds. The molecule has 0 heterocycles. The van der Waals surface area contributed by atoms with E-state index in [1.54, 1.807) is 0 Å². The van der Waals surface area contributed by atoms with Gasteiger partial charge in [-0.15, -0.1) is 0 Å². The van der Waals surface area contributed by atoms with E-state index >= 15 is 0 Å². The van der Waals surface area contributed by atoms with Gasteiger partial charge in [-0.05, 0) is 18.6 Å². The highest BCUT2D eigenvalue weighted by molar-refractivity contribution is 6.00. The summed E-state index contributed by atoms with van der Waals surface area (Å²) in [6.45, 7) is 1.99. The molecule has 6 heteroatoms. The van der Waals surface area contributed by atoms with Gasteiger partial charge in [0.2, 0.25) is 5.91 Å². The van der Waals surface area contributed by atoms with E-state index < -0.39 is 5.97 Å². The quantitative estimate of drug-likeness (QED) is 0.707. The van der Waals surface area contributed by atoms with Crippen molar-refractivity contribution in [3.63, 3.8) is 0 Å². The average Bonchev–Trinajstić information content (AvgIpc) is 2.38. The molecule has 0 radical (unpaired) electrons. The Morgan fingerprint density at radius 2 is 2.15 bits per heavy atom. The summed E-state index contributed by atoms with van der Waals surface area (Å²) in [5.74, 6) is -0.939. The molecule has 20 heavy (non-hydrogen) atoms. The molecule has 1 unspecified atom stereocenters. The number of hydrogen-bond donors (Lipinski definition) is 3. The number of amides is 1. The average molecular weight is 280 g/mol. The number of nitrogens with two attached hydrogens (primary N) is 1. The first-order valence-electron chi connectivity index (χ1n) is 6.44. The van der Waals surface area contributed by atoms with Crippen LogP contribution >= 0.6 is 0 Å². The van der Waals surface area contributed by atoms with E-state index in [1.807, 2.05) is 6.92 Å². The van der Waals surface area contributed by atoms with Gasteiger partial charge in [-0.2, -0.15) is 0 Å². The Labute approximate surface area is 117 Å². The highest BCUT2D eigenvalue weighted by atomic mass is 16.5. The highest BCUT2D eigenvalue weighted by Crippen LogP contribution is 2.23. The molecule has 0 aromatic heterocycles. The number of ether oxygens (including phenoxy) is 1. The van der Waals surface area contributed by atoms with Crippen LogP contribution < -0.4 is 15.8 Å². The molecule has 4 N–H and O–H groups in total. The number of rotatable bonds is 7. The number of aromatic carboxylic acids is 1. The van der Waals surface area contributed by atoms with Crippen molar-refractivity contribution < 1.29 is 19.4 Å². The molecule has 1 rings (SSSR count). The molecule has 110 valence electrons. The van der Waals surface area contributed by atoms with E-state index in [2.05, 4.69) is 5.32 Å². The number of carboxylic acid groups (broad SMARTS) is 1. The van der Waals surface area contributed by atoms with E-state index in [-0.39, 0.29) is 29.6 Å². The SMILES string of the molecule is CCCC(N)CC(=O)Nc1cc(OC)ccc1C(=O)O. The lowest BCUT2D eigenvalue weighted by atomic mass is 10.1. The maximum absolute atomic E-state index is 11.8. The van der Waals surface area contributed by atoms with Crippen LogP contribution in [-0.2, 0) is 4.79 Å². The van der Waals surface area contributed by atoms with Crippen molar-refractivity contribution in [2.24, 2.45) is 5.73 Å². The van der Waals surface area contributed by atoms with Crippen LogP contribution in [0.3, 0.4) is 0 Å². The van der Waals surface area contributed by atoms with E-state index in [0.717, 1.165) is 12.8 Å². The van der Waals surface area contributed by atoms with Crippen LogP contribution in [0.15, 0.2) is 18.2 Å². The normalized spacial score (nSPS) is 11.8. The zero-order valence-electron chi connectivity index (χ0n) is 11.7. The van der Waals surface area contributed by atoms with Gasteiger partial charge in [-0.1, -0.05) is 13.3 Å². The predicted molar refractivity (Wildman–Crippen MR) is 76.1 cm³/mol. The second kappa shape index (κ2) is 7.49. The molecule has 1 aromatic rings. The Morgan fingerprint density at radius 3 is 2.70 bits per heavy atom. The van der Waals surface area contributed by atoms with Gasteiger partial charge in [0.25, 0.3) is 0 Å². The van der Waals surface area contributed by atoms with Gasteiger partial charge in [0, 0.05) is 18.5 Å². The first-order chi connectivity index (χ1) is 9.47. The first kappa shape index (κ1) is 16.0. The summed E-state index contributed by atoms with van der Waals surface area (Å²) >= 11 is 0. The molecule has 0 aliphatic heterocycles. The molecule has 1 atom stereocenters. The molecule has 0 saturated carbocycles. The summed E-state index contributed by atoms with van der Waals surface area (Å²) in [5, 5.41) is 11.7. The van der Waals surface area contributed by atoms with Crippen LogP contribution in [-0.4, -0.2) is 30.1 Å². The number of carbonyl (C=O) groups is 2. The summed E-state index contributed by atoms with van der Waals surface area (Å²) in [6.07, 6.45) is 1.80. The number of hydrogen-bond acceptors (Lipinski definition) is 4. The molecular weight excluding hydrogens is 260 g/mol. The minimum atomic E-state index is -1.11. The second-order valence-corrected chi connectivity index (χ2v) is 4.52. The maximum atomic E-state index is 11.8. The Morgan fingerprint density at radius 1 is 1.45 bits per heavy atom. The number of anilines is 1. The van der Waals surface area contributed by atoms with Gasteiger partial charge in [0.1, 0.15) is 5.75 Å². The minimum Gasteiger partial charge on any atom is -0.497 e. The number of methoxy groups -OCH3 is 1. The predicted octanol–water partition coefficient (Wildman–Crippen LogP) is 1.85. The second-order valence-electron chi connectivity index (χ2n) is 4.52. The third-order valence-electron chi connectivity index (χ3n) is 2.84. The van der Waals surface area contributed by atoms with Crippen LogP contribution in [0.2, 0.25) is 0 Å². The van der Waals surface area contributed by atoms with Crippen molar-refractivity contribution in [3.05, 3.63) is 23.8 Å². The maximum Gasteiger partial charge on any atom is 0.337 e. The van der Waals surface area contributed by atoms with Gasteiger partial charge >= 0.3 is 5.97 Å². The van der Waals surface area contributed by atoms with Crippen LogP contribution in [0.25, 0.3) is 0 Å². The lowest BCUT2D eigenvalue weighted by molar-refractivity contribution is -0.116. The molecule has 0 aliphatic carbocycles. The summed E-state index contributed by atoms with van der Waals surface area (Å²) in [6, 6.07) is 4.18. The minimum absolute atomic E-state index is 0.0169. The Hall–Kier alpha value is -2.08. The van der Waals surface area contributed by atoms with Crippen LogP contribution in [0.1, 0.15) is 36.5 Å². The lowest BCUT2D eigenvalue weighted by Crippen LogP contribution is -2.27. The zero-order chi connectivity index (χ0) is 15.1. The smallest absolute Gasteiger partial charge is 0.337 e. The number of carboxylic acids is 1. The van der Waals surface area contributed by atoms with E-state index in [0.29, 0.717) is 5.75 Å². The standard InChI is InChI=1S/C14H20N2O4/c1-3-4-9(15)7-13(17)16-12-8-10(20-2)5-6-11(12)14(18)19/h5-6,8-9H,3-4,7,15H2,1-2H3,(H,16,17)(H,18,19). The third-order valence-corrected chi connectivity index (χ3v) is 2.84. The summed E-state index contributed by atoms with van der Waals surface area (Å²) in [4.78, 5) is 23.0. The van der Waals surface area contributed by atoms with Gasteiger partial charge < -0.3 is 20.9 Å². The van der Waals surface area contributed by atoms with Gasteiger partial charge in [0.15, 0.2) is 0 Å². The highest BCUT2D eigenvalue weighted by Gasteiger charge is 2.15. The molecule has 0 saturated heterocycles. The molecule has 0 spiro atoms. The van der Waals surface area contributed by atoms with Crippen molar-refractivity contribution in [1.82, 2.24) is 0 Å². The number of benzene rings is 1. The van der Waals surface area contributed by atoms with Gasteiger partial charge in [-0.3, -0.25) is 4.79 Å². The lowest BCUT2D eigenvalue weighted by Gasteiger charge is -2.13. The van der Waals surface area contributed by atoms with Crippen molar-refractivity contribution in [1.29, 1.82) is 0 Å². The van der Waals surface area contributed by atoms with Crippen molar-refractivity contribution in [2.75, 3.05) is 12.4 Å². The first-order valence-corrected chi connectivity index (χ1v) is 6.44. The molecule has 1 aromatic carbocycles. The van der Waals surface area contributed by atoms with Crippen LogP contribution in [0, 0.1) is 0 Å². The largest absolute Gasteiger partial charge is 0.497 e. The Balaban J connectivity index is 2.84. The zero-order valence-corrected chi connectivity index (χ0v) is 11.7. The Kier molecular flexibility index (Phi) is 5.99. The van der Waals surface area contributed by atoms with E-state index in [4.69, 9.17) is 15.6 Å². The topological polar surface area (TPSA) is 102 Å². The fourth-order valence-corrected chi connectivity index (χ4v) is 1.85. The monoisotopic (exact) mass is 280 g/mol. The molecule has 0 fully saturated rings. The van der Waals surface area contributed by atoms with E-state index in [9.17, 15) is 9.59 Å². The molecule has 0 bridgehead atoms. The molecule has 6 nitrogen and oxygen atoms in total. The Bertz CT molecular complexity index is 488. The number of carbonyl (C=O) groups excluding carboxylic acids is 1. The fraction of sp³-hybridized carbons (Fsp3) is 0.429. The van der Waals surface area contributed by atoms with E-state index in [1.165, 1.54) is 25.3 Å². The molecular formula is C14H20N2O4. The third kappa shape index (κ3) is 4.55. The van der Waals surface area contributed by atoms with Gasteiger partial charge in [0.05, 0.1) is 18.4 Å². The number of nitrogens with one attached hydrogen (secondary N) is 1. The van der Waals surface area contributed by atoms with Crippen molar-refractivity contribution in [3.8, 4) is 5.75 Å².